The SMILES string of the molecule is CCCCCCCCCSCCC(N)C(=O)OC. The van der Waals surface area contributed by atoms with Crippen LogP contribution in [-0.2, 0) is 9.53 Å². The number of hydrogen-bond acceptors (Lipinski definition) is 4. The molecule has 1 atom stereocenters. The van der Waals surface area contributed by atoms with E-state index in [1.807, 2.05) is 11.8 Å². The zero-order valence-corrected chi connectivity index (χ0v) is 12.8. The zero-order valence-electron chi connectivity index (χ0n) is 12.0. The molecule has 0 aromatic rings. The number of methoxy groups -OCH3 is 1. The van der Waals surface area contributed by atoms with Gasteiger partial charge in [0.15, 0.2) is 0 Å². The highest BCUT2D eigenvalue weighted by molar-refractivity contribution is 7.99. The number of rotatable bonds is 12. The molecule has 18 heavy (non-hydrogen) atoms. The van der Waals surface area contributed by atoms with Gasteiger partial charge in [0, 0.05) is 0 Å². The smallest absolute Gasteiger partial charge is 0.322 e. The van der Waals surface area contributed by atoms with Crippen LogP contribution >= 0.6 is 11.8 Å². The normalized spacial score (nSPS) is 12.4. The topological polar surface area (TPSA) is 52.3 Å². The average Bonchev–Trinajstić information content (AvgIpc) is 2.39. The van der Waals surface area contributed by atoms with Gasteiger partial charge in [-0.25, -0.2) is 0 Å². The van der Waals surface area contributed by atoms with Gasteiger partial charge in [0.05, 0.1) is 7.11 Å². The van der Waals surface area contributed by atoms with Crippen molar-refractivity contribution < 1.29 is 9.53 Å². The first kappa shape index (κ1) is 17.8. The highest BCUT2D eigenvalue weighted by Crippen LogP contribution is 2.11. The molecule has 0 aromatic carbocycles. The van der Waals surface area contributed by atoms with Crippen LogP contribution in [0, 0.1) is 0 Å². The number of ether oxygens (including phenoxy) is 1. The maximum Gasteiger partial charge on any atom is 0.322 e. The van der Waals surface area contributed by atoms with Crippen LogP contribution in [0.2, 0.25) is 0 Å². The van der Waals surface area contributed by atoms with Crippen molar-refractivity contribution in [2.45, 2.75) is 64.3 Å². The van der Waals surface area contributed by atoms with Crippen LogP contribution in [0.3, 0.4) is 0 Å². The van der Waals surface area contributed by atoms with E-state index in [0.29, 0.717) is 6.42 Å². The quantitative estimate of drug-likeness (QED) is 0.438. The molecular weight excluding hydrogens is 246 g/mol. The minimum absolute atomic E-state index is 0.300. The van der Waals surface area contributed by atoms with Crippen molar-refractivity contribution in [3.8, 4) is 0 Å². The fourth-order valence-electron chi connectivity index (χ4n) is 1.74. The molecule has 0 aliphatic carbocycles. The van der Waals surface area contributed by atoms with Crippen LogP contribution < -0.4 is 5.73 Å². The van der Waals surface area contributed by atoms with Gasteiger partial charge in [0.2, 0.25) is 0 Å². The van der Waals surface area contributed by atoms with Gasteiger partial charge in [-0.05, 0) is 24.3 Å². The van der Waals surface area contributed by atoms with Gasteiger partial charge in [-0.1, -0.05) is 45.4 Å². The summed E-state index contributed by atoms with van der Waals surface area (Å²) in [5, 5.41) is 0. The van der Waals surface area contributed by atoms with Crippen molar-refractivity contribution in [1.82, 2.24) is 0 Å². The molecule has 1 unspecified atom stereocenters. The van der Waals surface area contributed by atoms with Gasteiger partial charge < -0.3 is 10.5 Å². The molecule has 0 saturated carbocycles. The van der Waals surface area contributed by atoms with E-state index in [9.17, 15) is 4.79 Å². The van der Waals surface area contributed by atoms with Crippen LogP contribution in [0.4, 0.5) is 0 Å². The molecule has 3 nitrogen and oxygen atoms in total. The molecule has 108 valence electrons. The molecule has 0 spiro atoms. The molecule has 0 aromatic heterocycles. The molecule has 0 fully saturated rings. The Balaban J connectivity index is 3.14. The largest absolute Gasteiger partial charge is 0.468 e. The highest BCUT2D eigenvalue weighted by atomic mass is 32.2. The zero-order chi connectivity index (χ0) is 13.6. The molecule has 0 amide bonds. The lowest BCUT2D eigenvalue weighted by molar-refractivity contribution is -0.142. The van der Waals surface area contributed by atoms with E-state index in [1.54, 1.807) is 0 Å². The summed E-state index contributed by atoms with van der Waals surface area (Å²) in [5.74, 6) is 1.83. The van der Waals surface area contributed by atoms with E-state index in [1.165, 1.54) is 57.8 Å². The lowest BCUT2D eigenvalue weighted by Gasteiger charge is -2.08. The first-order valence-corrected chi connectivity index (χ1v) is 8.29. The number of thioether (sulfide) groups is 1. The molecule has 0 saturated heterocycles. The Hall–Kier alpha value is -0.220. The molecular formula is C14H29NO2S. The maximum atomic E-state index is 11.0. The monoisotopic (exact) mass is 275 g/mol. The standard InChI is InChI=1S/C14H29NO2S/c1-3-4-5-6-7-8-9-11-18-12-10-13(15)14(16)17-2/h13H,3-12,15H2,1-2H3. The van der Waals surface area contributed by atoms with E-state index in [0.717, 1.165) is 5.75 Å². The van der Waals surface area contributed by atoms with Crippen LogP contribution in [0.15, 0.2) is 0 Å². The summed E-state index contributed by atoms with van der Waals surface area (Å²) in [4.78, 5) is 11.0. The van der Waals surface area contributed by atoms with E-state index >= 15 is 0 Å². The Labute approximate surface area is 116 Å². The van der Waals surface area contributed by atoms with Crippen LogP contribution in [0.1, 0.15) is 58.3 Å². The highest BCUT2D eigenvalue weighted by Gasteiger charge is 2.12. The molecule has 0 bridgehead atoms. The molecule has 0 aliphatic rings. The maximum absolute atomic E-state index is 11.0. The predicted octanol–water partition coefficient (Wildman–Crippen LogP) is 3.36. The van der Waals surface area contributed by atoms with Crippen molar-refractivity contribution >= 4 is 17.7 Å². The third kappa shape index (κ3) is 10.9. The van der Waals surface area contributed by atoms with Gasteiger partial charge in [-0.3, -0.25) is 4.79 Å². The Bertz CT molecular complexity index is 200. The summed E-state index contributed by atoms with van der Waals surface area (Å²) in [6, 6.07) is -0.448. The number of nitrogens with two attached hydrogens (primary N) is 1. The lowest BCUT2D eigenvalue weighted by Crippen LogP contribution is -2.32. The second-order valence-electron chi connectivity index (χ2n) is 4.65. The minimum atomic E-state index is -0.448. The Morgan fingerprint density at radius 2 is 1.72 bits per heavy atom. The van der Waals surface area contributed by atoms with E-state index in [4.69, 9.17) is 5.73 Å². The summed E-state index contributed by atoms with van der Waals surface area (Å²) in [6.45, 7) is 2.25. The summed E-state index contributed by atoms with van der Waals surface area (Å²) in [7, 11) is 1.38. The van der Waals surface area contributed by atoms with E-state index in [2.05, 4.69) is 11.7 Å². The van der Waals surface area contributed by atoms with Gasteiger partial charge in [0.1, 0.15) is 6.04 Å². The van der Waals surface area contributed by atoms with Crippen molar-refractivity contribution in [2.75, 3.05) is 18.6 Å². The Kier molecular flexibility index (Phi) is 13.1. The van der Waals surface area contributed by atoms with Crippen LogP contribution in [0.5, 0.6) is 0 Å². The fourth-order valence-corrected chi connectivity index (χ4v) is 2.78. The number of hydrogen-bond donors (Lipinski definition) is 1. The molecule has 0 aliphatic heterocycles. The van der Waals surface area contributed by atoms with Crippen molar-refractivity contribution in [1.29, 1.82) is 0 Å². The van der Waals surface area contributed by atoms with Crippen molar-refractivity contribution in [2.24, 2.45) is 5.73 Å². The first-order chi connectivity index (χ1) is 8.72. The van der Waals surface area contributed by atoms with Gasteiger partial charge in [-0.15, -0.1) is 0 Å². The summed E-state index contributed by atoms with van der Waals surface area (Å²) >= 11 is 1.89. The molecule has 0 rings (SSSR count). The average molecular weight is 275 g/mol. The number of unbranched alkanes of at least 4 members (excludes halogenated alkanes) is 6. The molecule has 0 heterocycles. The first-order valence-electron chi connectivity index (χ1n) is 7.13. The third-order valence-electron chi connectivity index (χ3n) is 2.97. The van der Waals surface area contributed by atoms with E-state index in [-0.39, 0.29) is 5.97 Å². The van der Waals surface area contributed by atoms with Crippen LogP contribution in [-0.4, -0.2) is 30.6 Å². The number of esters is 1. The Morgan fingerprint density at radius 1 is 1.11 bits per heavy atom. The van der Waals surface area contributed by atoms with Crippen molar-refractivity contribution in [3.05, 3.63) is 0 Å². The third-order valence-corrected chi connectivity index (χ3v) is 4.07. The summed E-state index contributed by atoms with van der Waals surface area (Å²) in [6.07, 6.45) is 10.2. The lowest BCUT2D eigenvalue weighted by atomic mass is 10.1. The second kappa shape index (κ2) is 13.2. The molecule has 0 radical (unpaired) electrons. The Morgan fingerprint density at radius 3 is 2.33 bits per heavy atom. The van der Waals surface area contributed by atoms with Crippen LogP contribution in [0.25, 0.3) is 0 Å². The predicted molar refractivity (Wildman–Crippen MR) is 79.9 cm³/mol. The molecule has 4 heteroatoms. The van der Waals surface area contributed by atoms with Gasteiger partial charge in [-0.2, -0.15) is 11.8 Å². The minimum Gasteiger partial charge on any atom is -0.468 e. The van der Waals surface area contributed by atoms with Gasteiger partial charge in [0.25, 0.3) is 0 Å². The van der Waals surface area contributed by atoms with Gasteiger partial charge >= 0.3 is 5.97 Å². The van der Waals surface area contributed by atoms with E-state index < -0.39 is 6.04 Å². The fraction of sp³-hybridized carbons (Fsp3) is 0.929. The second-order valence-corrected chi connectivity index (χ2v) is 5.88. The van der Waals surface area contributed by atoms with Crippen molar-refractivity contribution in [3.63, 3.8) is 0 Å². The molecule has 2 N–H and O–H groups in total. The summed E-state index contributed by atoms with van der Waals surface area (Å²) < 4.78 is 4.58. The number of carbonyl (C=O) groups excluding carboxylic acids is 1. The summed E-state index contributed by atoms with van der Waals surface area (Å²) in [5.41, 5.74) is 5.65. The number of carbonyl (C=O) groups is 1.